The molecule has 2 heterocycles. The van der Waals surface area contributed by atoms with Crippen molar-refractivity contribution in [1.29, 1.82) is 0 Å². The van der Waals surface area contributed by atoms with E-state index in [1.165, 1.54) is 18.0 Å². The van der Waals surface area contributed by atoms with Crippen molar-refractivity contribution in [3.05, 3.63) is 17.5 Å². The lowest BCUT2D eigenvalue weighted by atomic mass is 10.1. The summed E-state index contributed by atoms with van der Waals surface area (Å²) in [5.41, 5.74) is 0.874. The first-order chi connectivity index (χ1) is 9.67. The van der Waals surface area contributed by atoms with Gasteiger partial charge in [0, 0.05) is 35.8 Å². The predicted octanol–water partition coefficient (Wildman–Crippen LogP) is 0.909. The lowest BCUT2D eigenvalue weighted by Gasteiger charge is -2.15. The molecule has 0 aromatic carbocycles. The molecule has 21 heavy (non-hydrogen) atoms. The maximum atomic E-state index is 11.9. The summed E-state index contributed by atoms with van der Waals surface area (Å²) in [5.74, 6) is -0.872. The van der Waals surface area contributed by atoms with Crippen LogP contribution in [0, 0.1) is 12.8 Å². The van der Waals surface area contributed by atoms with Gasteiger partial charge in [0.25, 0.3) is 0 Å². The number of halogens is 1. The molecule has 7 nitrogen and oxygen atoms in total. The van der Waals surface area contributed by atoms with E-state index < -0.39 is 9.05 Å². The number of aromatic nitrogens is 2. The van der Waals surface area contributed by atoms with Gasteiger partial charge >= 0.3 is 0 Å². The SMILES string of the molecule is CC(=O)c1cnc(N2CC(CS(=O)(=O)Cl)CC2=O)nc1C. The zero-order chi connectivity index (χ0) is 15.8. The Morgan fingerprint density at radius 1 is 1.52 bits per heavy atom. The van der Waals surface area contributed by atoms with Crippen molar-refractivity contribution in [3.63, 3.8) is 0 Å². The first-order valence-corrected chi connectivity index (χ1v) is 8.72. The third-order valence-electron chi connectivity index (χ3n) is 3.23. The Hall–Kier alpha value is -1.54. The van der Waals surface area contributed by atoms with Crippen LogP contribution < -0.4 is 4.90 Å². The average molecular weight is 332 g/mol. The molecular weight excluding hydrogens is 318 g/mol. The molecule has 0 spiro atoms. The highest BCUT2D eigenvalue weighted by molar-refractivity contribution is 8.13. The highest BCUT2D eigenvalue weighted by Gasteiger charge is 2.34. The van der Waals surface area contributed by atoms with E-state index in [0.29, 0.717) is 11.3 Å². The first-order valence-electron chi connectivity index (χ1n) is 6.24. The van der Waals surface area contributed by atoms with Gasteiger partial charge < -0.3 is 0 Å². The molecule has 114 valence electrons. The number of nitrogens with zero attached hydrogens (tertiary/aromatic N) is 3. The highest BCUT2D eigenvalue weighted by Crippen LogP contribution is 2.24. The number of hydrogen-bond donors (Lipinski definition) is 0. The molecule has 0 bridgehead atoms. The van der Waals surface area contributed by atoms with Crippen molar-refractivity contribution < 1.29 is 18.0 Å². The zero-order valence-electron chi connectivity index (χ0n) is 11.5. The predicted molar refractivity (Wildman–Crippen MR) is 76.9 cm³/mol. The van der Waals surface area contributed by atoms with Gasteiger partial charge in [-0.2, -0.15) is 0 Å². The van der Waals surface area contributed by atoms with Crippen molar-refractivity contribution >= 4 is 37.4 Å². The van der Waals surface area contributed by atoms with Crippen molar-refractivity contribution in [2.45, 2.75) is 20.3 Å². The monoisotopic (exact) mass is 331 g/mol. The average Bonchev–Trinajstić information content (AvgIpc) is 2.66. The van der Waals surface area contributed by atoms with Crippen LogP contribution in [0.3, 0.4) is 0 Å². The topological polar surface area (TPSA) is 97.3 Å². The standard InChI is InChI=1S/C12H14ClN3O4S/c1-7-10(8(2)17)4-14-12(15-7)16-5-9(3-11(16)18)6-21(13,19)20/h4,9H,3,5-6H2,1-2H3. The van der Waals surface area contributed by atoms with E-state index >= 15 is 0 Å². The summed E-state index contributed by atoms with van der Waals surface area (Å²) in [6.45, 7) is 3.26. The fourth-order valence-electron chi connectivity index (χ4n) is 2.30. The smallest absolute Gasteiger partial charge is 0.232 e. The summed E-state index contributed by atoms with van der Waals surface area (Å²) in [4.78, 5) is 32.8. The lowest BCUT2D eigenvalue weighted by Crippen LogP contribution is -2.27. The van der Waals surface area contributed by atoms with Gasteiger partial charge in [-0.1, -0.05) is 0 Å². The number of amides is 1. The largest absolute Gasteiger partial charge is 0.294 e. The minimum absolute atomic E-state index is 0.0861. The molecule has 1 aliphatic heterocycles. The van der Waals surface area contributed by atoms with Crippen molar-refractivity contribution in [1.82, 2.24) is 9.97 Å². The molecule has 1 unspecified atom stereocenters. The molecule has 1 amide bonds. The number of carbonyl (C=O) groups is 2. The molecule has 1 atom stereocenters. The summed E-state index contributed by atoms with van der Waals surface area (Å²) in [6, 6.07) is 0. The fraction of sp³-hybridized carbons (Fsp3) is 0.500. The summed E-state index contributed by atoms with van der Waals surface area (Å²) >= 11 is 0. The summed E-state index contributed by atoms with van der Waals surface area (Å²) in [7, 11) is 1.55. The second-order valence-electron chi connectivity index (χ2n) is 5.01. The summed E-state index contributed by atoms with van der Waals surface area (Å²) in [5, 5.41) is 0. The molecule has 1 aliphatic rings. The van der Waals surface area contributed by atoms with E-state index in [9.17, 15) is 18.0 Å². The third-order valence-corrected chi connectivity index (χ3v) is 4.47. The van der Waals surface area contributed by atoms with Crippen LogP contribution in [0.1, 0.15) is 29.4 Å². The van der Waals surface area contributed by atoms with Gasteiger partial charge in [0.2, 0.25) is 20.9 Å². The summed E-state index contributed by atoms with van der Waals surface area (Å²) in [6.07, 6.45) is 1.46. The third kappa shape index (κ3) is 3.76. The molecule has 1 fully saturated rings. The van der Waals surface area contributed by atoms with Crippen LogP contribution in [0.5, 0.6) is 0 Å². The Morgan fingerprint density at radius 2 is 2.19 bits per heavy atom. The maximum absolute atomic E-state index is 11.9. The van der Waals surface area contributed by atoms with Crippen LogP contribution in [0.4, 0.5) is 5.95 Å². The van der Waals surface area contributed by atoms with Gasteiger partial charge in [-0.05, 0) is 13.8 Å². The van der Waals surface area contributed by atoms with Crippen molar-refractivity contribution in [2.75, 3.05) is 17.2 Å². The van der Waals surface area contributed by atoms with E-state index in [1.54, 1.807) is 6.92 Å². The van der Waals surface area contributed by atoms with E-state index in [-0.39, 0.29) is 42.3 Å². The molecule has 0 N–H and O–H groups in total. The normalized spacial score (nSPS) is 19.1. The second-order valence-corrected chi connectivity index (χ2v) is 7.83. The molecule has 1 saturated heterocycles. The van der Waals surface area contributed by atoms with Gasteiger partial charge in [-0.3, -0.25) is 14.5 Å². The number of carbonyl (C=O) groups excluding carboxylic acids is 2. The van der Waals surface area contributed by atoms with E-state index in [0.717, 1.165) is 0 Å². The molecule has 2 rings (SSSR count). The number of anilines is 1. The number of ketones is 1. The van der Waals surface area contributed by atoms with Crippen molar-refractivity contribution in [2.24, 2.45) is 5.92 Å². The lowest BCUT2D eigenvalue weighted by molar-refractivity contribution is -0.117. The fourth-order valence-corrected chi connectivity index (χ4v) is 3.62. The highest BCUT2D eigenvalue weighted by atomic mass is 35.7. The minimum atomic E-state index is -3.65. The second kappa shape index (κ2) is 5.69. The van der Waals surface area contributed by atoms with Crippen LogP contribution in [0.15, 0.2) is 6.20 Å². The molecule has 0 radical (unpaired) electrons. The molecular formula is C12H14ClN3O4S. The quantitative estimate of drug-likeness (QED) is 0.601. The molecule has 9 heteroatoms. The Kier molecular flexibility index (Phi) is 4.29. The molecule has 1 aromatic rings. The zero-order valence-corrected chi connectivity index (χ0v) is 13.1. The van der Waals surface area contributed by atoms with Gasteiger partial charge in [0.15, 0.2) is 5.78 Å². The van der Waals surface area contributed by atoms with Crippen LogP contribution in [-0.2, 0) is 13.8 Å². The van der Waals surface area contributed by atoms with Gasteiger partial charge in [-0.25, -0.2) is 18.4 Å². The first kappa shape index (κ1) is 15.8. The molecule has 0 aliphatic carbocycles. The Morgan fingerprint density at radius 3 is 2.71 bits per heavy atom. The van der Waals surface area contributed by atoms with Crippen LogP contribution >= 0.6 is 10.7 Å². The minimum Gasteiger partial charge on any atom is -0.294 e. The van der Waals surface area contributed by atoms with Gasteiger partial charge in [0.05, 0.1) is 17.0 Å². The summed E-state index contributed by atoms with van der Waals surface area (Å²) < 4.78 is 22.2. The number of Topliss-reactive ketones (excluding diaryl/α,β-unsaturated/α-hetero) is 1. The van der Waals surface area contributed by atoms with Crippen molar-refractivity contribution in [3.8, 4) is 0 Å². The van der Waals surface area contributed by atoms with Crippen LogP contribution in [0.2, 0.25) is 0 Å². The Balaban J connectivity index is 2.21. The van der Waals surface area contributed by atoms with Crippen LogP contribution in [-0.4, -0.2) is 42.4 Å². The molecule has 0 saturated carbocycles. The Bertz CT molecular complexity index is 704. The van der Waals surface area contributed by atoms with Crippen LogP contribution in [0.25, 0.3) is 0 Å². The van der Waals surface area contributed by atoms with E-state index in [1.807, 2.05) is 0 Å². The number of rotatable bonds is 4. The van der Waals surface area contributed by atoms with Gasteiger partial charge in [0.1, 0.15) is 0 Å². The number of hydrogen-bond acceptors (Lipinski definition) is 6. The Labute approximate surface area is 126 Å². The van der Waals surface area contributed by atoms with Gasteiger partial charge in [-0.15, -0.1) is 0 Å². The van der Waals surface area contributed by atoms with E-state index in [4.69, 9.17) is 10.7 Å². The maximum Gasteiger partial charge on any atom is 0.232 e. The van der Waals surface area contributed by atoms with E-state index in [2.05, 4.69) is 9.97 Å². The molecule has 1 aromatic heterocycles. The number of aryl methyl sites for hydroxylation is 1.